The number of rotatable bonds is 5. The molecule has 23 heavy (non-hydrogen) atoms. The minimum Gasteiger partial charge on any atom is -0.444 e. The summed E-state index contributed by atoms with van der Waals surface area (Å²) in [7, 11) is 0. The second-order valence-corrected chi connectivity index (χ2v) is 7.90. The van der Waals surface area contributed by atoms with Gasteiger partial charge in [-0.2, -0.15) is 0 Å². The highest BCUT2D eigenvalue weighted by Crippen LogP contribution is 2.30. The van der Waals surface area contributed by atoms with Crippen molar-refractivity contribution in [3.8, 4) is 0 Å². The number of carbonyl (C=O) groups is 1. The normalized spacial score (nSPS) is 24.7. The van der Waals surface area contributed by atoms with Crippen LogP contribution in [-0.4, -0.2) is 55.5 Å². The molecule has 2 atom stereocenters. The molecule has 0 saturated carbocycles. The van der Waals surface area contributed by atoms with Gasteiger partial charge >= 0.3 is 6.09 Å². The Bertz CT molecular complexity index is 375. The Balaban J connectivity index is 1.93. The maximum atomic E-state index is 12.3. The lowest BCUT2D eigenvalue weighted by Gasteiger charge is -2.35. The summed E-state index contributed by atoms with van der Waals surface area (Å²) < 4.78 is 11.0. The highest BCUT2D eigenvalue weighted by Gasteiger charge is 2.37. The van der Waals surface area contributed by atoms with Crippen LogP contribution in [0.2, 0.25) is 0 Å². The van der Waals surface area contributed by atoms with Gasteiger partial charge in [0.25, 0.3) is 0 Å². The van der Waals surface area contributed by atoms with E-state index in [0.29, 0.717) is 17.9 Å². The quantitative estimate of drug-likeness (QED) is 0.844. The zero-order chi connectivity index (χ0) is 16.9. The van der Waals surface area contributed by atoms with E-state index < -0.39 is 5.60 Å². The maximum Gasteiger partial charge on any atom is 0.410 e. The van der Waals surface area contributed by atoms with E-state index in [1.54, 1.807) is 0 Å². The average molecular weight is 326 g/mol. The van der Waals surface area contributed by atoms with Crippen molar-refractivity contribution in [1.29, 1.82) is 0 Å². The Labute approximate surface area is 141 Å². The number of hydrogen-bond acceptors (Lipinski definition) is 4. The fourth-order valence-corrected chi connectivity index (χ4v) is 3.68. The van der Waals surface area contributed by atoms with Gasteiger partial charge in [-0.1, -0.05) is 6.92 Å². The van der Waals surface area contributed by atoms with Crippen molar-refractivity contribution in [3.63, 3.8) is 0 Å². The van der Waals surface area contributed by atoms with E-state index in [4.69, 9.17) is 9.47 Å². The molecule has 0 aliphatic carbocycles. The van der Waals surface area contributed by atoms with E-state index in [9.17, 15) is 4.79 Å². The van der Waals surface area contributed by atoms with Crippen molar-refractivity contribution in [2.24, 2.45) is 11.8 Å². The van der Waals surface area contributed by atoms with Crippen molar-refractivity contribution in [1.82, 2.24) is 10.2 Å². The summed E-state index contributed by atoms with van der Waals surface area (Å²) in [6.45, 7) is 12.4. The minimum atomic E-state index is -0.421. The molecule has 5 heteroatoms. The van der Waals surface area contributed by atoms with Crippen LogP contribution < -0.4 is 5.32 Å². The molecule has 1 amide bonds. The van der Waals surface area contributed by atoms with E-state index >= 15 is 0 Å². The number of nitrogens with one attached hydrogen (secondary N) is 1. The first-order valence-corrected chi connectivity index (χ1v) is 9.19. The molecular formula is C18H34N2O3. The molecule has 0 radical (unpaired) electrons. The van der Waals surface area contributed by atoms with Gasteiger partial charge < -0.3 is 19.7 Å². The fourth-order valence-electron chi connectivity index (χ4n) is 3.68. The number of carbonyl (C=O) groups excluding carboxylic acids is 1. The second kappa shape index (κ2) is 8.34. The number of amides is 1. The zero-order valence-corrected chi connectivity index (χ0v) is 15.3. The number of ether oxygens (including phenoxy) is 2. The average Bonchev–Trinajstić information content (AvgIpc) is 2.97. The van der Waals surface area contributed by atoms with Gasteiger partial charge in [-0.05, 0) is 64.8 Å². The summed E-state index contributed by atoms with van der Waals surface area (Å²) in [5.74, 6) is 1.19. The topological polar surface area (TPSA) is 50.8 Å². The van der Waals surface area contributed by atoms with Crippen molar-refractivity contribution in [2.75, 3.05) is 32.8 Å². The van der Waals surface area contributed by atoms with Crippen LogP contribution in [0.4, 0.5) is 4.79 Å². The van der Waals surface area contributed by atoms with Gasteiger partial charge in [-0.25, -0.2) is 4.79 Å². The molecule has 0 aromatic heterocycles. The molecule has 0 aromatic carbocycles. The van der Waals surface area contributed by atoms with Crippen molar-refractivity contribution in [3.05, 3.63) is 0 Å². The van der Waals surface area contributed by atoms with Gasteiger partial charge in [0, 0.05) is 32.3 Å². The summed E-state index contributed by atoms with van der Waals surface area (Å²) >= 11 is 0. The predicted molar refractivity (Wildman–Crippen MR) is 91.5 cm³/mol. The van der Waals surface area contributed by atoms with Crippen LogP contribution in [0.25, 0.3) is 0 Å². The lowest BCUT2D eigenvalue weighted by molar-refractivity contribution is 0.0262. The third-order valence-electron chi connectivity index (χ3n) is 4.79. The van der Waals surface area contributed by atoms with Crippen molar-refractivity contribution < 1.29 is 14.3 Å². The monoisotopic (exact) mass is 326 g/mol. The van der Waals surface area contributed by atoms with Crippen LogP contribution in [-0.2, 0) is 9.47 Å². The first kappa shape index (κ1) is 18.5. The Hall–Kier alpha value is -0.810. The number of hydrogen-bond donors (Lipinski definition) is 1. The smallest absolute Gasteiger partial charge is 0.410 e. The first-order chi connectivity index (χ1) is 10.9. The van der Waals surface area contributed by atoms with Crippen LogP contribution >= 0.6 is 0 Å². The second-order valence-electron chi connectivity index (χ2n) is 7.90. The highest BCUT2D eigenvalue weighted by molar-refractivity contribution is 5.68. The van der Waals surface area contributed by atoms with Gasteiger partial charge in [-0.3, -0.25) is 0 Å². The molecule has 2 heterocycles. The Morgan fingerprint density at radius 3 is 2.57 bits per heavy atom. The molecule has 2 fully saturated rings. The molecule has 2 saturated heterocycles. The highest BCUT2D eigenvalue weighted by atomic mass is 16.6. The van der Waals surface area contributed by atoms with E-state index in [-0.39, 0.29) is 6.09 Å². The minimum absolute atomic E-state index is 0.166. The molecule has 1 N–H and O–H groups in total. The number of likely N-dealkylation sites (tertiary alicyclic amines) is 1. The first-order valence-electron chi connectivity index (χ1n) is 9.19. The fraction of sp³-hybridized carbons (Fsp3) is 0.944. The lowest BCUT2D eigenvalue weighted by atomic mass is 9.83. The zero-order valence-electron chi connectivity index (χ0n) is 15.3. The van der Waals surface area contributed by atoms with E-state index in [2.05, 4.69) is 12.2 Å². The summed E-state index contributed by atoms with van der Waals surface area (Å²) in [4.78, 5) is 14.2. The molecule has 2 rings (SSSR count). The van der Waals surface area contributed by atoms with E-state index in [0.717, 1.165) is 58.5 Å². The molecular weight excluding hydrogens is 292 g/mol. The Morgan fingerprint density at radius 2 is 1.96 bits per heavy atom. The standard InChI is InChI=1S/C18H34N2O3/c1-5-9-19-16(14-7-11-22-12-8-14)15-6-10-20(13-15)17(21)23-18(2,3)4/h14-16,19H,5-13H2,1-4H3. The summed E-state index contributed by atoms with van der Waals surface area (Å²) in [6.07, 6.45) is 4.30. The van der Waals surface area contributed by atoms with Crippen LogP contribution in [0.1, 0.15) is 53.4 Å². The van der Waals surface area contributed by atoms with Crippen LogP contribution in [0.5, 0.6) is 0 Å². The van der Waals surface area contributed by atoms with Crippen molar-refractivity contribution in [2.45, 2.75) is 65.0 Å². The maximum absolute atomic E-state index is 12.3. The molecule has 2 aliphatic rings. The van der Waals surface area contributed by atoms with Gasteiger partial charge in [-0.15, -0.1) is 0 Å². The number of nitrogens with zero attached hydrogens (tertiary/aromatic N) is 1. The molecule has 2 unspecified atom stereocenters. The Kier molecular flexibility index (Phi) is 6.72. The Morgan fingerprint density at radius 1 is 1.26 bits per heavy atom. The summed E-state index contributed by atoms with van der Waals surface area (Å²) in [5.41, 5.74) is -0.421. The molecule has 0 aromatic rings. The van der Waals surface area contributed by atoms with Crippen LogP contribution in [0, 0.1) is 11.8 Å². The van der Waals surface area contributed by atoms with E-state index in [1.807, 2.05) is 25.7 Å². The molecule has 134 valence electrons. The third kappa shape index (κ3) is 5.64. The molecule has 0 bridgehead atoms. The van der Waals surface area contributed by atoms with Gasteiger partial charge in [0.1, 0.15) is 5.60 Å². The predicted octanol–water partition coefficient (Wildman–Crippen LogP) is 3.04. The van der Waals surface area contributed by atoms with Crippen LogP contribution in [0.15, 0.2) is 0 Å². The van der Waals surface area contributed by atoms with Crippen molar-refractivity contribution >= 4 is 6.09 Å². The van der Waals surface area contributed by atoms with E-state index in [1.165, 1.54) is 0 Å². The summed E-state index contributed by atoms with van der Waals surface area (Å²) in [5, 5.41) is 3.75. The molecule has 2 aliphatic heterocycles. The van der Waals surface area contributed by atoms with Crippen LogP contribution in [0.3, 0.4) is 0 Å². The summed E-state index contributed by atoms with van der Waals surface area (Å²) in [6, 6.07) is 0.492. The molecule has 5 nitrogen and oxygen atoms in total. The van der Waals surface area contributed by atoms with Gasteiger partial charge in [0.05, 0.1) is 0 Å². The SMILES string of the molecule is CCCNC(C1CCOCC1)C1CCN(C(=O)OC(C)(C)C)C1. The largest absolute Gasteiger partial charge is 0.444 e. The third-order valence-corrected chi connectivity index (χ3v) is 4.79. The molecule has 0 spiro atoms. The van der Waals surface area contributed by atoms with Gasteiger partial charge in [0.2, 0.25) is 0 Å². The van der Waals surface area contributed by atoms with Gasteiger partial charge in [0.15, 0.2) is 0 Å². The lowest BCUT2D eigenvalue weighted by Crippen LogP contribution is -2.46.